The van der Waals surface area contributed by atoms with Crippen molar-refractivity contribution in [3.8, 4) is 0 Å². The normalized spacial score (nSPS) is 12.4. The van der Waals surface area contributed by atoms with Crippen molar-refractivity contribution in [1.82, 2.24) is 14.1 Å². The molecule has 0 radical (unpaired) electrons. The van der Waals surface area contributed by atoms with Crippen molar-refractivity contribution < 1.29 is 22.7 Å². The average molecular weight is 496 g/mol. The molecule has 0 amide bonds. The second-order valence-electron chi connectivity index (χ2n) is 7.72. The van der Waals surface area contributed by atoms with E-state index in [4.69, 9.17) is 11.6 Å². The van der Waals surface area contributed by atoms with Crippen LogP contribution in [0.3, 0.4) is 0 Å². The SMILES string of the molecule is COC(=O)[C@@H](C)Cn1c(=O)nc(Cc2cccc(C(F)(F)F)c2)n(Cc2ccc(Cl)cc2)c1=O. The zero-order valence-electron chi connectivity index (χ0n) is 18.3. The molecule has 0 aliphatic heterocycles. The number of halogens is 4. The smallest absolute Gasteiger partial charge is 0.416 e. The van der Waals surface area contributed by atoms with Gasteiger partial charge in [-0.2, -0.15) is 18.2 Å². The maximum absolute atomic E-state index is 13.3. The number of ether oxygens (including phenoxy) is 1. The van der Waals surface area contributed by atoms with E-state index in [0.717, 1.165) is 16.7 Å². The Morgan fingerprint density at radius 3 is 2.38 bits per heavy atom. The summed E-state index contributed by atoms with van der Waals surface area (Å²) in [6.07, 6.45) is -4.73. The lowest BCUT2D eigenvalue weighted by atomic mass is 10.1. The first kappa shape index (κ1) is 25.2. The van der Waals surface area contributed by atoms with Crippen LogP contribution in [0.15, 0.2) is 58.1 Å². The van der Waals surface area contributed by atoms with Gasteiger partial charge >= 0.3 is 23.5 Å². The number of carbonyl (C=O) groups excluding carboxylic acids is 1. The van der Waals surface area contributed by atoms with Gasteiger partial charge in [-0.05, 0) is 29.3 Å². The molecule has 0 saturated carbocycles. The molecule has 0 spiro atoms. The number of esters is 1. The summed E-state index contributed by atoms with van der Waals surface area (Å²) < 4.78 is 46.1. The van der Waals surface area contributed by atoms with Crippen molar-refractivity contribution in [3.05, 3.63) is 97.0 Å². The van der Waals surface area contributed by atoms with E-state index in [9.17, 15) is 27.6 Å². The van der Waals surface area contributed by atoms with Crippen LogP contribution in [-0.2, 0) is 35.2 Å². The molecule has 0 fully saturated rings. The van der Waals surface area contributed by atoms with Gasteiger partial charge in [0.25, 0.3) is 0 Å². The molecule has 180 valence electrons. The molecule has 1 aromatic heterocycles. The molecule has 0 unspecified atom stereocenters. The number of hydrogen-bond acceptors (Lipinski definition) is 5. The molecule has 0 bridgehead atoms. The predicted molar refractivity (Wildman–Crippen MR) is 119 cm³/mol. The Bertz CT molecular complexity index is 1300. The van der Waals surface area contributed by atoms with Crippen molar-refractivity contribution in [2.45, 2.75) is 32.6 Å². The molecule has 0 aliphatic carbocycles. The summed E-state index contributed by atoms with van der Waals surface area (Å²) in [6.45, 7) is 1.23. The van der Waals surface area contributed by atoms with Crippen LogP contribution in [0.1, 0.15) is 29.4 Å². The van der Waals surface area contributed by atoms with Gasteiger partial charge in [-0.1, -0.05) is 48.9 Å². The molecule has 1 heterocycles. The van der Waals surface area contributed by atoms with E-state index in [1.54, 1.807) is 24.3 Å². The van der Waals surface area contributed by atoms with Gasteiger partial charge in [0.1, 0.15) is 5.82 Å². The number of carbonyl (C=O) groups is 1. The molecule has 0 aliphatic rings. The summed E-state index contributed by atoms with van der Waals surface area (Å²) in [5, 5.41) is 0.482. The third-order valence-corrected chi connectivity index (χ3v) is 5.41. The predicted octanol–water partition coefficient (Wildman–Crippen LogP) is 3.53. The Hall–Kier alpha value is -3.40. The highest BCUT2D eigenvalue weighted by Gasteiger charge is 2.30. The van der Waals surface area contributed by atoms with Gasteiger partial charge in [-0.25, -0.2) is 14.2 Å². The Balaban J connectivity index is 2.09. The zero-order valence-corrected chi connectivity index (χ0v) is 19.1. The van der Waals surface area contributed by atoms with E-state index in [2.05, 4.69) is 9.72 Å². The fraction of sp³-hybridized carbons (Fsp3) is 0.304. The molecule has 3 rings (SSSR count). The minimum Gasteiger partial charge on any atom is -0.469 e. The van der Waals surface area contributed by atoms with Crippen molar-refractivity contribution >= 4 is 17.6 Å². The summed E-state index contributed by atoms with van der Waals surface area (Å²) in [5.74, 6) is -1.41. The van der Waals surface area contributed by atoms with Crippen LogP contribution >= 0.6 is 11.6 Å². The third-order valence-electron chi connectivity index (χ3n) is 5.16. The van der Waals surface area contributed by atoms with E-state index in [-0.39, 0.29) is 30.9 Å². The Morgan fingerprint density at radius 1 is 1.09 bits per heavy atom. The van der Waals surface area contributed by atoms with E-state index < -0.39 is 35.0 Å². The number of aromatic nitrogens is 3. The average Bonchev–Trinajstić information content (AvgIpc) is 2.79. The molecule has 11 heteroatoms. The first-order valence-corrected chi connectivity index (χ1v) is 10.6. The molecule has 0 saturated heterocycles. The second-order valence-corrected chi connectivity index (χ2v) is 8.15. The Labute approximate surface area is 197 Å². The largest absolute Gasteiger partial charge is 0.469 e. The Morgan fingerprint density at radius 2 is 1.76 bits per heavy atom. The number of methoxy groups -OCH3 is 1. The zero-order chi connectivity index (χ0) is 25.0. The molecule has 0 N–H and O–H groups in total. The number of nitrogens with zero attached hydrogens (tertiary/aromatic N) is 3. The van der Waals surface area contributed by atoms with Gasteiger partial charge in [-0.15, -0.1) is 0 Å². The van der Waals surface area contributed by atoms with Gasteiger partial charge in [0.05, 0.1) is 25.1 Å². The van der Waals surface area contributed by atoms with Crippen molar-refractivity contribution in [3.63, 3.8) is 0 Å². The lowest BCUT2D eigenvalue weighted by Crippen LogP contribution is -2.45. The van der Waals surface area contributed by atoms with Crippen molar-refractivity contribution in [2.24, 2.45) is 5.92 Å². The van der Waals surface area contributed by atoms with Gasteiger partial charge in [0.2, 0.25) is 0 Å². The number of benzene rings is 2. The quantitative estimate of drug-likeness (QED) is 0.468. The summed E-state index contributed by atoms with van der Waals surface area (Å²) in [5.41, 5.74) is -1.61. The fourth-order valence-corrected chi connectivity index (χ4v) is 3.51. The molecule has 2 aromatic carbocycles. The standard InChI is InChI=1S/C23H21ClF3N3O4/c1-14(20(31)34-2)12-30-21(32)28-19(11-16-4-3-5-17(10-16)23(25,26)27)29(22(30)33)13-15-6-8-18(24)9-7-15/h3-10,14H,11-13H2,1-2H3/t14-/m0/s1. The number of alkyl halides is 3. The highest BCUT2D eigenvalue weighted by Crippen LogP contribution is 2.29. The lowest BCUT2D eigenvalue weighted by Gasteiger charge is -2.17. The van der Waals surface area contributed by atoms with Crippen molar-refractivity contribution in [2.75, 3.05) is 7.11 Å². The summed E-state index contributed by atoms with van der Waals surface area (Å²) in [6, 6.07) is 11.2. The minimum absolute atomic E-state index is 0.00811. The van der Waals surface area contributed by atoms with E-state index >= 15 is 0 Å². The van der Waals surface area contributed by atoms with Gasteiger partial charge < -0.3 is 4.74 Å². The van der Waals surface area contributed by atoms with Crippen LogP contribution in [0, 0.1) is 5.92 Å². The monoisotopic (exact) mass is 495 g/mol. The van der Waals surface area contributed by atoms with Crippen LogP contribution in [-0.4, -0.2) is 27.2 Å². The first-order valence-electron chi connectivity index (χ1n) is 10.2. The van der Waals surface area contributed by atoms with Crippen LogP contribution in [0.5, 0.6) is 0 Å². The number of hydrogen-bond donors (Lipinski definition) is 0. The third kappa shape index (κ3) is 5.93. The van der Waals surface area contributed by atoms with Crippen LogP contribution in [0.4, 0.5) is 13.2 Å². The van der Waals surface area contributed by atoms with Gasteiger partial charge in [-0.3, -0.25) is 9.36 Å². The van der Waals surface area contributed by atoms with Crippen molar-refractivity contribution in [1.29, 1.82) is 0 Å². The number of rotatable bonds is 7. The minimum atomic E-state index is -4.54. The first-order chi connectivity index (χ1) is 16.0. The maximum atomic E-state index is 13.3. The molecule has 1 atom stereocenters. The van der Waals surface area contributed by atoms with Crippen LogP contribution < -0.4 is 11.4 Å². The Kier molecular flexibility index (Phi) is 7.61. The summed E-state index contributed by atoms with van der Waals surface area (Å²) >= 11 is 5.92. The summed E-state index contributed by atoms with van der Waals surface area (Å²) in [4.78, 5) is 41.7. The fourth-order valence-electron chi connectivity index (χ4n) is 3.38. The lowest BCUT2D eigenvalue weighted by molar-refractivity contribution is -0.145. The van der Waals surface area contributed by atoms with E-state index in [1.807, 2.05) is 0 Å². The van der Waals surface area contributed by atoms with Gasteiger partial charge in [0.15, 0.2) is 0 Å². The van der Waals surface area contributed by atoms with E-state index in [0.29, 0.717) is 10.6 Å². The summed E-state index contributed by atoms with van der Waals surface area (Å²) in [7, 11) is 1.19. The molecular weight excluding hydrogens is 475 g/mol. The molecule has 7 nitrogen and oxygen atoms in total. The van der Waals surface area contributed by atoms with E-state index in [1.165, 1.54) is 30.7 Å². The van der Waals surface area contributed by atoms with Gasteiger partial charge in [0, 0.05) is 18.0 Å². The maximum Gasteiger partial charge on any atom is 0.416 e. The molecule has 34 heavy (non-hydrogen) atoms. The second kappa shape index (κ2) is 10.3. The van der Waals surface area contributed by atoms with Crippen LogP contribution in [0.2, 0.25) is 5.02 Å². The topological polar surface area (TPSA) is 83.2 Å². The highest BCUT2D eigenvalue weighted by molar-refractivity contribution is 6.30. The highest BCUT2D eigenvalue weighted by atomic mass is 35.5. The van der Waals surface area contributed by atoms with Crippen LogP contribution in [0.25, 0.3) is 0 Å². The molecular formula is C23H21ClF3N3O4. The molecule has 3 aromatic rings.